The molecule has 0 spiro atoms. The molecule has 0 aliphatic heterocycles. The lowest BCUT2D eigenvalue weighted by Gasteiger charge is -2.17. The molecular formula is C36H26N4O2. The van der Waals surface area contributed by atoms with Crippen molar-refractivity contribution in [1.29, 1.82) is 0 Å². The summed E-state index contributed by atoms with van der Waals surface area (Å²) in [7, 11) is 0. The molecule has 0 radical (unpaired) electrons. The van der Waals surface area contributed by atoms with Crippen LogP contribution in [0.3, 0.4) is 0 Å². The molecule has 0 amide bonds. The van der Waals surface area contributed by atoms with Crippen LogP contribution in [0.15, 0.2) is 72.8 Å². The van der Waals surface area contributed by atoms with E-state index in [-0.39, 0.29) is 11.5 Å². The van der Waals surface area contributed by atoms with Gasteiger partial charge in [0.2, 0.25) is 0 Å². The van der Waals surface area contributed by atoms with Crippen molar-refractivity contribution in [2.24, 2.45) is 0 Å². The fraction of sp³-hybridized carbons (Fsp3) is 0.111. The van der Waals surface area contributed by atoms with Crippen LogP contribution in [0.4, 0.5) is 0 Å². The highest BCUT2D eigenvalue weighted by Crippen LogP contribution is 2.47. The molecular weight excluding hydrogens is 520 g/mol. The molecule has 6 nitrogen and oxygen atoms in total. The Morgan fingerprint density at radius 1 is 0.405 bits per heavy atom. The second-order valence-corrected chi connectivity index (χ2v) is 11.3. The second-order valence-electron chi connectivity index (χ2n) is 11.3. The van der Waals surface area contributed by atoms with Crippen LogP contribution < -0.4 is 0 Å². The van der Waals surface area contributed by atoms with E-state index >= 15 is 0 Å². The van der Waals surface area contributed by atoms with Gasteiger partial charge in [0.25, 0.3) is 0 Å². The maximum Gasteiger partial charge on any atom is 0.124 e. The van der Waals surface area contributed by atoms with Gasteiger partial charge in [-0.2, -0.15) is 0 Å². The van der Waals surface area contributed by atoms with Crippen LogP contribution in [0.5, 0.6) is 11.5 Å². The summed E-state index contributed by atoms with van der Waals surface area (Å²) in [5, 5.41) is 26.2. The SMILES string of the molecule is Cc1cc2nc3ccc4ccc(O)c(-c5c(O)ccc6ccc7nc8cc(C)c(C)cc8nc7c56)c4c3nc2cc1C. The molecule has 8 aromatic rings. The van der Waals surface area contributed by atoms with Gasteiger partial charge in [0.15, 0.2) is 0 Å². The van der Waals surface area contributed by atoms with Gasteiger partial charge in [-0.05, 0) is 109 Å². The zero-order valence-corrected chi connectivity index (χ0v) is 23.6. The molecule has 0 bridgehead atoms. The smallest absolute Gasteiger partial charge is 0.124 e. The number of rotatable bonds is 1. The lowest BCUT2D eigenvalue weighted by molar-refractivity contribution is 0.470. The van der Waals surface area contributed by atoms with Crippen molar-refractivity contribution in [2.75, 3.05) is 0 Å². The molecule has 0 aliphatic rings. The van der Waals surface area contributed by atoms with Crippen molar-refractivity contribution < 1.29 is 10.2 Å². The van der Waals surface area contributed by atoms with Crippen LogP contribution in [0, 0.1) is 27.7 Å². The standard InChI is InChI=1S/C36H26N4O2/c1-17-13-25-27(15-19(17)3)39-35-23(37-25)9-5-21-7-11-29(41)33(31(21)35)34-30(42)12-8-22-6-10-24-36(32(22)34)40-28-16-20(4)18(2)14-26(28)38-24/h5-16,41-42H,1-4H3. The molecule has 202 valence electrons. The molecule has 42 heavy (non-hydrogen) atoms. The predicted octanol–water partition coefficient (Wildman–Crippen LogP) is 8.50. The molecule has 0 saturated carbocycles. The Morgan fingerprint density at radius 3 is 1.12 bits per heavy atom. The molecule has 2 heterocycles. The summed E-state index contributed by atoms with van der Waals surface area (Å²) in [4.78, 5) is 20.1. The lowest BCUT2D eigenvalue weighted by Crippen LogP contribution is -1.95. The molecule has 6 heteroatoms. The molecule has 2 aromatic heterocycles. The van der Waals surface area contributed by atoms with Gasteiger partial charge in [-0.25, -0.2) is 19.9 Å². The van der Waals surface area contributed by atoms with Crippen LogP contribution in [-0.2, 0) is 0 Å². The number of nitrogens with zero attached hydrogens (tertiary/aromatic N) is 4. The summed E-state index contributed by atoms with van der Waals surface area (Å²) >= 11 is 0. The van der Waals surface area contributed by atoms with Gasteiger partial charge in [0.1, 0.15) is 11.5 Å². The zero-order valence-electron chi connectivity index (χ0n) is 23.6. The average Bonchev–Trinajstić information content (AvgIpc) is 2.97. The third kappa shape index (κ3) is 3.45. The molecule has 0 aliphatic carbocycles. The Morgan fingerprint density at radius 2 is 0.738 bits per heavy atom. The number of hydrogen-bond donors (Lipinski definition) is 2. The predicted molar refractivity (Wildman–Crippen MR) is 170 cm³/mol. The molecule has 0 saturated heterocycles. The Bertz CT molecular complexity index is 2310. The molecule has 8 rings (SSSR count). The number of benzene rings is 6. The van der Waals surface area contributed by atoms with Gasteiger partial charge >= 0.3 is 0 Å². The monoisotopic (exact) mass is 546 g/mol. The minimum atomic E-state index is 0.0389. The Hall–Kier alpha value is -5.36. The van der Waals surface area contributed by atoms with Gasteiger partial charge in [0.05, 0.1) is 44.1 Å². The number of hydrogen-bond acceptors (Lipinski definition) is 6. The van der Waals surface area contributed by atoms with Crippen molar-refractivity contribution in [1.82, 2.24) is 19.9 Å². The highest BCUT2D eigenvalue weighted by Gasteiger charge is 2.22. The average molecular weight is 547 g/mol. The van der Waals surface area contributed by atoms with Gasteiger partial charge < -0.3 is 10.2 Å². The fourth-order valence-corrected chi connectivity index (χ4v) is 6.10. The summed E-state index contributed by atoms with van der Waals surface area (Å²) < 4.78 is 0. The van der Waals surface area contributed by atoms with Crippen molar-refractivity contribution >= 4 is 65.7 Å². The molecule has 2 N–H and O–H groups in total. The van der Waals surface area contributed by atoms with Gasteiger partial charge in [-0.15, -0.1) is 0 Å². The minimum Gasteiger partial charge on any atom is -0.507 e. The summed E-state index contributed by atoms with van der Waals surface area (Å²) in [6.45, 7) is 8.26. The maximum atomic E-state index is 11.5. The Labute approximate surface area is 241 Å². The van der Waals surface area contributed by atoms with E-state index in [1.165, 1.54) is 0 Å². The molecule has 6 aromatic carbocycles. The van der Waals surface area contributed by atoms with E-state index in [0.717, 1.165) is 65.9 Å². The number of fused-ring (bicyclic) bond motifs is 8. The van der Waals surface area contributed by atoms with E-state index in [9.17, 15) is 10.2 Å². The first kappa shape index (κ1) is 24.4. The van der Waals surface area contributed by atoms with E-state index in [1.54, 1.807) is 12.1 Å². The van der Waals surface area contributed by atoms with Crippen molar-refractivity contribution in [3.05, 3.63) is 95.1 Å². The van der Waals surface area contributed by atoms with Crippen LogP contribution in [0.2, 0.25) is 0 Å². The Balaban J connectivity index is 1.56. The van der Waals surface area contributed by atoms with Crippen molar-refractivity contribution in [2.45, 2.75) is 27.7 Å². The second kappa shape index (κ2) is 8.57. The van der Waals surface area contributed by atoms with Crippen LogP contribution in [-0.4, -0.2) is 30.1 Å². The quantitative estimate of drug-likeness (QED) is 0.158. The maximum absolute atomic E-state index is 11.5. The largest absolute Gasteiger partial charge is 0.507 e. The third-order valence-electron chi connectivity index (χ3n) is 8.61. The van der Waals surface area contributed by atoms with Gasteiger partial charge in [-0.3, -0.25) is 0 Å². The van der Waals surface area contributed by atoms with Crippen LogP contribution in [0.25, 0.3) is 76.8 Å². The summed E-state index contributed by atoms with van der Waals surface area (Å²) in [5.41, 5.74) is 11.5. The summed E-state index contributed by atoms with van der Waals surface area (Å²) in [5.74, 6) is 0.0778. The number of phenolic OH excluding ortho intramolecular Hbond substituents is 2. The highest BCUT2D eigenvalue weighted by atomic mass is 16.3. The highest BCUT2D eigenvalue weighted by molar-refractivity contribution is 6.22. The number of aromatic nitrogens is 4. The fourth-order valence-electron chi connectivity index (χ4n) is 6.10. The minimum absolute atomic E-state index is 0.0389. The van der Waals surface area contributed by atoms with Crippen LogP contribution >= 0.6 is 0 Å². The van der Waals surface area contributed by atoms with E-state index < -0.39 is 0 Å². The van der Waals surface area contributed by atoms with Crippen molar-refractivity contribution in [3.63, 3.8) is 0 Å². The van der Waals surface area contributed by atoms with Crippen molar-refractivity contribution in [3.8, 4) is 22.6 Å². The number of aromatic hydroxyl groups is 2. The topological polar surface area (TPSA) is 92.0 Å². The van der Waals surface area contributed by atoms with E-state index in [2.05, 4.69) is 39.8 Å². The van der Waals surface area contributed by atoms with Gasteiger partial charge in [-0.1, -0.05) is 24.3 Å². The molecule has 0 fully saturated rings. The van der Waals surface area contributed by atoms with Crippen LogP contribution in [0.1, 0.15) is 22.3 Å². The first-order valence-corrected chi connectivity index (χ1v) is 13.9. The Kier molecular flexibility index (Phi) is 4.99. The zero-order chi connectivity index (χ0) is 28.9. The number of phenols is 2. The molecule has 0 unspecified atom stereocenters. The summed E-state index contributed by atoms with van der Waals surface area (Å²) in [6.07, 6.45) is 0. The van der Waals surface area contributed by atoms with Gasteiger partial charge in [0, 0.05) is 21.9 Å². The first-order valence-electron chi connectivity index (χ1n) is 13.9. The van der Waals surface area contributed by atoms with E-state index in [4.69, 9.17) is 19.9 Å². The number of aryl methyl sites for hydroxylation is 4. The first-order chi connectivity index (χ1) is 20.3. The van der Waals surface area contributed by atoms with E-state index in [1.807, 2.05) is 48.5 Å². The molecule has 0 atom stereocenters. The van der Waals surface area contributed by atoms with E-state index in [0.29, 0.717) is 33.2 Å². The normalized spacial score (nSPS) is 12.0. The lowest BCUT2D eigenvalue weighted by atomic mass is 9.90. The summed E-state index contributed by atoms with van der Waals surface area (Å²) in [6, 6.07) is 23.2. The third-order valence-corrected chi connectivity index (χ3v) is 8.61.